The maximum Gasteiger partial charge on any atom is 0.220 e. The molecule has 0 aromatic carbocycles. The van der Waals surface area contributed by atoms with E-state index in [1.54, 1.807) is 0 Å². The van der Waals surface area contributed by atoms with Crippen LogP contribution in [0.5, 0.6) is 0 Å². The van der Waals surface area contributed by atoms with Crippen LogP contribution in [-0.2, 0) is 11.2 Å². The van der Waals surface area contributed by atoms with E-state index in [2.05, 4.69) is 25.2 Å². The first kappa shape index (κ1) is 13.2. The molecule has 100 valence electrons. The molecule has 0 unspecified atom stereocenters. The number of rotatable bonds is 6. The lowest BCUT2D eigenvalue weighted by Gasteiger charge is -2.10. The van der Waals surface area contributed by atoms with E-state index in [4.69, 9.17) is 4.42 Å². The molecule has 1 aromatic heterocycles. The molecule has 1 fully saturated rings. The van der Waals surface area contributed by atoms with Gasteiger partial charge in [-0.1, -0.05) is 13.8 Å². The third-order valence-electron chi connectivity index (χ3n) is 3.78. The summed E-state index contributed by atoms with van der Waals surface area (Å²) in [5.74, 6) is 3.52. The van der Waals surface area contributed by atoms with Gasteiger partial charge in [-0.15, -0.1) is 0 Å². The molecule has 0 bridgehead atoms. The lowest BCUT2D eigenvalue weighted by atomic mass is 10.2. The van der Waals surface area contributed by atoms with Gasteiger partial charge < -0.3 is 9.73 Å². The van der Waals surface area contributed by atoms with Crippen molar-refractivity contribution in [2.24, 2.45) is 5.92 Å². The monoisotopic (exact) mass is 249 g/mol. The average Bonchev–Trinajstić information content (AvgIpc) is 2.90. The summed E-state index contributed by atoms with van der Waals surface area (Å²) in [6, 6.07) is 4.34. The highest BCUT2D eigenvalue weighted by atomic mass is 16.3. The Morgan fingerprint density at radius 1 is 1.56 bits per heavy atom. The Kier molecular flexibility index (Phi) is 4.10. The Morgan fingerprint density at radius 3 is 2.89 bits per heavy atom. The molecular formula is C15H23NO2. The van der Waals surface area contributed by atoms with Gasteiger partial charge in [0.05, 0.1) is 0 Å². The van der Waals surface area contributed by atoms with Crippen LogP contribution in [0.1, 0.15) is 57.5 Å². The Morgan fingerprint density at radius 2 is 2.28 bits per heavy atom. The smallest absolute Gasteiger partial charge is 0.220 e. The lowest BCUT2D eigenvalue weighted by molar-refractivity contribution is -0.121. The summed E-state index contributed by atoms with van der Waals surface area (Å²) in [7, 11) is 0. The van der Waals surface area contributed by atoms with Crippen molar-refractivity contribution in [3.8, 4) is 0 Å². The van der Waals surface area contributed by atoms with Gasteiger partial charge in [-0.2, -0.15) is 0 Å². The van der Waals surface area contributed by atoms with Gasteiger partial charge in [0.25, 0.3) is 0 Å². The van der Waals surface area contributed by atoms with Crippen LogP contribution in [0.2, 0.25) is 0 Å². The first-order chi connectivity index (χ1) is 8.60. The standard InChI is InChI=1S/C15H23NO2/c1-4-11(3)16-15(17)8-6-12-5-7-14(18-12)13-9-10(13)2/h5,7,10-11,13H,4,6,8-9H2,1-3H3,(H,16,17)/t10-,11-,13-/m0/s1. The van der Waals surface area contributed by atoms with Crippen molar-refractivity contribution in [1.82, 2.24) is 5.32 Å². The molecule has 0 saturated heterocycles. The van der Waals surface area contributed by atoms with Gasteiger partial charge in [0.15, 0.2) is 0 Å². The van der Waals surface area contributed by atoms with E-state index in [1.165, 1.54) is 6.42 Å². The number of amides is 1. The average molecular weight is 249 g/mol. The van der Waals surface area contributed by atoms with Crippen LogP contribution in [-0.4, -0.2) is 11.9 Å². The first-order valence-electron chi connectivity index (χ1n) is 6.98. The fourth-order valence-corrected chi connectivity index (χ4v) is 2.13. The fourth-order valence-electron chi connectivity index (χ4n) is 2.13. The van der Waals surface area contributed by atoms with Crippen molar-refractivity contribution in [2.45, 2.75) is 58.4 Å². The minimum atomic E-state index is 0.113. The van der Waals surface area contributed by atoms with Crippen molar-refractivity contribution >= 4 is 5.91 Å². The zero-order valence-electron chi connectivity index (χ0n) is 11.5. The molecule has 1 N–H and O–H groups in total. The van der Waals surface area contributed by atoms with E-state index in [-0.39, 0.29) is 11.9 Å². The predicted octanol–water partition coefficient (Wildman–Crippen LogP) is 3.25. The predicted molar refractivity (Wildman–Crippen MR) is 71.4 cm³/mol. The molecule has 18 heavy (non-hydrogen) atoms. The Balaban J connectivity index is 1.76. The molecule has 1 aliphatic rings. The van der Waals surface area contributed by atoms with E-state index in [0.29, 0.717) is 18.8 Å². The number of hydrogen-bond donors (Lipinski definition) is 1. The van der Waals surface area contributed by atoms with Crippen LogP contribution in [0, 0.1) is 5.92 Å². The quantitative estimate of drug-likeness (QED) is 0.841. The van der Waals surface area contributed by atoms with Crippen molar-refractivity contribution in [3.05, 3.63) is 23.7 Å². The summed E-state index contributed by atoms with van der Waals surface area (Å²) in [4.78, 5) is 11.6. The molecule has 1 aromatic rings. The number of carbonyl (C=O) groups excluding carboxylic acids is 1. The summed E-state index contributed by atoms with van der Waals surface area (Å²) in [5.41, 5.74) is 0. The second-order valence-corrected chi connectivity index (χ2v) is 5.50. The first-order valence-corrected chi connectivity index (χ1v) is 6.98. The minimum absolute atomic E-state index is 0.113. The highest BCUT2D eigenvalue weighted by Crippen LogP contribution is 2.47. The third kappa shape index (κ3) is 3.37. The number of furan rings is 1. The summed E-state index contributed by atoms with van der Waals surface area (Å²) in [6.07, 6.45) is 3.42. The molecule has 3 atom stereocenters. The molecule has 1 heterocycles. The van der Waals surface area contributed by atoms with E-state index >= 15 is 0 Å². The Hall–Kier alpha value is -1.25. The molecule has 3 heteroatoms. The maximum absolute atomic E-state index is 11.6. The van der Waals surface area contributed by atoms with Crippen LogP contribution in [0.15, 0.2) is 16.5 Å². The van der Waals surface area contributed by atoms with E-state index in [9.17, 15) is 4.79 Å². The normalized spacial score (nSPS) is 23.7. The second-order valence-electron chi connectivity index (χ2n) is 5.50. The third-order valence-corrected chi connectivity index (χ3v) is 3.78. The summed E-state index contributed by atoms with van der Waals surface area (Å²) in [6.45, 7) is 6.34. The lowest BCUT2D eigenvalue weighted by Crippen LogP contribution is -2.31. The number of carbonyl (C=O) groups is 1. The van der Waals surface area contributed by atoms with Gasteiger partial charge in [-0.3, -0.25) is 4.79 Å². The van der Waals surface area contributed by atoms with Crippen LogP contribution >= 0.6 is 0 Å². The number of nitrogens with one attached hydrogen (secondary N) is 1. The summed E-state index contributed by atoms with van der Waals surface area (Å²) >= 11 is 0. The van der Waals surface area contributed by atoms with E-state index in [1.807, 2.05) is 13.0 Å². The molecule has 1 amide bonds. The van der Waals surface area contributed by atoms with Crippen molar-refractivity contribution in [1.29, 1.82) is 0 Å². The van der Waals surface area contributed by atoms with Crippen molar-refractivity contribution < 1.29 is 9.21 Å². The van der Waals surface area contributed by atoms with Gasteiger partial charge in [0.1, 0.15) is 11.5 Å². The summed E-state index contributed by atoms with van der Waals surface area (Å²) in [5, 5.41) is 2.97. The van der Waals surface area contributed by atoms with Crippen molar-refractivity contribution in [3.63, 3.8) is 0 Å². The zero-order chi connectivity index (χ0) is 13.1. The minimum Gasteiger partial charge on any atom is -0.466 e. The van der Waals surface area contributed by atoms with Gasteiger partial charge in [0.2, 0.25) is 5.91 Å². The van der Waals surface area contributed by atoms with Crippen LogP contribution in [0.4, 0.5) is 0 Å². The molecular weight excluding hydrogens is 226 g/mol. The number of hydrogen-bond acceptors (Lipinski definition) is 2. The Bertz CT molecular complexity index is 410. The topological polar surface area (TPSA) is 42.2 Å². The summed E-state index contributed by atoms with van der Waals surface area (Å²) < 4.78 is 5.78. The van der Waals surface area contributed by atoms with Crippen molar-refractivity contribution in [2.75, 3.05) is 0 Å². The SMILES string of the molecule is CC[C@H](C)NC(=O)CCc1ccc([C@H]2C[C@@H]2C)o1. The zero-order valence-corrected chi connectivity index (χ0v) is 11.5. The van der Waals surface area contributed by atoms with E-state index in [0.717, 1.165) is 23.9 Å². The molecule has 0 aliphatic heterocycles. The molecule has 3 nitrogen and oxygen atoms in total. The van der Waals surface area contributed by atoms with Gasteiger partial charge >= 0.3 is 0 Å². The second kappa shape index (κ2) is 5.59. The maximum atomic E-state index is 11.6. The number of aryl methyl sites for hydroxylation is 1. The molecule has 0 spiro atoms. The van der Waals surface area contributed by atoms with E-state index < -0.39 is 0 Å². The molecule has 1 aliphatic carbocycles. The highest BCUT2D eigenvalue weighted by Gasteiger charge is 2.36. The Labute approximate surface area is 109 Å². The largest absolute Gasteiger partial charge is 0.466 e. The van der Waals surface area contributed by atoms with Crippen LogP contribution in [0.3, 0.4) is 0 Å². The van der Waals surface area contributed by atoms with Gasteiger partial charge in [-0.25, -0.2) is 0 Å². The highest BCUT2D eigenvalue weighted by molar-refractivity contribution is 5.76. The molecule has 1 saturated carbocycles. The van der Waals surface area contributed by atoms with Crippen LogP contribution < -0.4 is 5.32 Å². The van der Waals surface area contributed by atoms with Gasteiger partial charge in [-0.05, 0) is 37.8 Å². The fraction of sp³-hybridized carbons (Fsp3) is 0.667. The molecule has 2 rings (SSSR count). The molecule has 0 radical (unpaired) electrons. The van der Waals surface area contributed by atoms with Crippen LogP contribution in [0.25, 0.3) is 0 Å². The van der Waals surface area contributed by atoms with Gasteiger partial charge in [0, 0.05) is 24.8 Å².